The number of aromatic nitrogens is 4. The van der Waals surface area contributed by atoms with Crippen molar-refractivity contribution in [2.24, 2.45) is 0 Å². The van der Waals surface area contributed by atoms with Crippen molar-refractivity contribution >= 4 is 43.2 Å². The Morgan fingerprint density at radius 1 is 0.722 bits per heavy atom. The van der Waals surface area contributed by atoms with Crippen LogP contribution in [0.2, 0.25) is 0 Å². The Morgan fingerprint density at radius 2 is 1.11 bits per heavy atom. The van der Waals surface area contributed by atoms with Gasteiger partial charge >= 0.3 is 0 Å². The van der Waals surface area contributed by atoms with Crippen LogP contribution >= 0.6 is 22.7 Å². The van der Waals surface area contributed by atoms with E-state index in [0.29, 0.717) is 10.3 Å². The molecule has 8 nitrogen and oxygen atoms in total. The number of hydrogen-bond acceptors (Lipinski definition) is 10. The molecule has 0 saturated carbocycles. The molecule has 2 aromatic heterocycles. The Hall–Kier alpha value is -1.68. The zero-order valence-corrected chi connectivity index (χ0v) is 11.1. The molecule has 10 heteroatoms. The first-order valence-electron chi connectivity index (χ1n) is 5.40. The van der Waals surface area contributed by atoms with E-state index in [0.717, 1.165) is 36.4 Å². The van der Waals surface area contributed by atoms with Gasteiger partial charge < -0.3 is 21.3 Å². The van der Waals surface area contributed by atoms with Gasteiger partial charge in [0.2, 0.25) is 20.5 Å². The van der Waals surface area contributed by atoms with E-state index in [2.05, 4.69) is 30.2 Å². The highest BCUT2D eigenvalue weighted by molar-refractivity contribution is 7.19. The van der Waals surface area contributed by atoms with Crippen molar-refractivity contribution in [3.8, 4) is 0 Å². The molecule has 3 heterocycles. The summed E-state index contributed by atoms with van der Waals surface area (Å²) in [7, 11) is 0. The zero-order chi connectivity index (χ0) is 12.5. The normalized spacial score (nSPS) is 16.2. The number of piperazine rings is 1. The molecule has 0 aromatic carbocycles. The summed E-state index contributed by atoms with van der Waals surface area (Å²) in [5.74, 6) is 0. The molecule has 1 aliphatic heterocycles. The Morgan fingerprint density at radius 3 is 1.39 bits per heavy atom. The molecule has 96 valence electrons. The van der Waals surface area contributed by atoms with Crippen LogP contribution < -0.4 is 21.3 Å². The van der Waals surface area contributed by atoms with Crippen molar-refractivity contribution in [2.75, 3.05) is 47.4 Å². The molecule has 0 radical (unpaired) electrons. The molecular weight excluding hydrogens is 272 g/mol. The molecule has 1 aliphatic rings. The number of nitrogens with zero attached hydrogens (tertiary/aromatic N) is 6. The lowest BCUT2D eigenvalue weighted by molar-refractivity contribution is 0.646. The third kappa shape index (κ3) is 2.16. The van der Waals surface area contributed by atoms with E-state index in [1.54, 1.807) is 0 Å². The van der Waals surface area contributed by atoms with Crippen LogP contribution in [0.1, 0.15) is 0 Å². The van der Waals surface area contributed by atoms with Gasteiger partial charge in [-0.1, -0.05) is 22.7 Å². The van der Waals surface area contributed by atoms with Crippen molar-refractivity contribution in [2.45, 2.75) is 0 Å². The highest BCUT2D eigenvalue weighted by Crippen LogP contribution is 2.26. The highest BCUT2D eigenvalue weighted by Gasteiger charge is 2.21. The maximum absolute atomic E-state index is 5.58. The molecular formula is C8H12N8S2. The Labute approximate surface area is 111 Å². The molecule has 0 aliphatic carbocycles. The van der Waals surface area contributed by atoms with Crippen molar-refractivity contribution in [1.29, 1.82) is 0 Å². The second kappa shape index (κ2) is 4.53. The fourth-order valence-corrected chi connectivity index (χ4v) is 3.12. The predicted molar refractivity (Wildman–Crippen MR) is 73.1 cm³/mol. The quantitative estimate of drug-likeness (QED) is 0.785. The van der Waals surface area contributed by atoms with E-state index in [1.807, 2.05) is 0 Å². The van der Waals surface area contributed by atoms with Crippen molar-refractivity contribution in [3.05, 3.63) is 0 Å². The Balaban J connectivity index is 1.64. The minimum absolute atomic E-state index is 0.504. The Bertz CT molecular complexity index is 480. The summed E-state index contributed by atoms with van der Waals surface area (Å²) < 4.78 is 0. The standard InChI is InChI=1S/C8H12N8S2/c9-5-11-13-7(17-5)15-1-2-16(4-3-15)8-14-12-6(10)18-8/h1-4H2,(H2,9,11)(H2,10,12). The van der Waals surface area contributed by atoms with Gasteiger partial charge in [0.1, 0.15) is 0 Å². The first-order chi connectivity index (χ1) is 8.72. The molecule has 4 N–H and O–H groups in total. The van der Waals surface area contributed by atoms with Crippen LogP contribution in [0.3, 0.4) is 0 Å². The smallest absolute Gasteiger partial charge is 0.210 e. The average molecular weight is 284 g/mol. The van der Waals surface area contributed by atoms with Crippen LogP contribution in [-0.2, 0) is 0 Å². The lowest BCUT2D eigenvalue weighted by Gasteiger charge is -2.33. The molecule has 0 spiro atoms. The molecule has 0 amide bonds. The molecule has 0 bridgehead atoms. The van der Waals surface area contributed by atoms with Gasteiger partial charge in [-0.25, -0.2) is 0 Å². The van der Waals surface area contributed by atoms with E-state index in [4.69, 9.17) is 11.5 Å². The van der Waals surface area contributed by atoms with Gasteiger partial charge in [-0.05, 0) is 0 Å². The lowest BCUT2D eigenvalue weighted by Crippen LogP contribution is -2.46. The van der Waals surface area contributed by atoms with Gasteiger partial charge in [0.15, 0.2) is 0 Å². The Kier molecular flexibility index (Phi) is 2.88. The van der Waals surface area contributed by atoms with Gasteiger partial charge in [-0.15, -0.1) is 20.4 Å². The molecule has 2 aromatic rings. The first-order valence-corrected chi connectivity index (χ1v) is 7.03. The number of hydrogen-bond donors (Lipinski definition) is 2. The number of nitrogen functional groups attached to an aromatic ring is 2. The van der Waals surface area contributed by atoms with Crippen molar-refractivity contribution < 1.29 is 0 Å². The number of nitrogens with two attached hydrogens (primary N) is 2. The summed E-state index contributed by atoms with van der Waals surface area (Å²) in [6, 6.07) is 0. The summed E-state index contributed by atoms with van der Waals surface area (Å²) in [4.78, 5) is 4.35. The number of rotatable bonds is 2. The SMILES string of the molecule is Nc1nnc(N2CCN(c3nnc(N)s3)CC2)s1. The van der Waals surface area contributed by atoms with Crippen molar-refractivity contribution in [1.82, 2.24) is 20.4 Å². The van der Waals surface area contributed by atoms with Crippen LogP contribution in [0, 0.1) is 0 Å². The third-order valence-corrected chi connectivity index (χ3v) is 4.31. The van der Waals surface area contributed by atoms with Gasteiger partial charge in [0, 0.05) is 26.2 Å². The minimum atomic E-state index is 0.504. The monoisotopic (exact) mass is 284 g/mol. The van der Waals surface area contributed by atoms with Gasteiger partial charge in [0.05, 0.1) is 0 Å². The fourth-order valence-electron chi connectivity index (χ4n) is 1.80. The third-order valence-electron chi connectivity index (χ3n) is 2.68. The summed E-state index contributed by atoms with van der Waals surface area (Å²) >= 11 is 2.83. The summed E-state index contributed by atoms with van der Waals surface area (Å²) in [6.45, 7) is 3.48. The summed E-state index contributed by atoms with van der Waals surface area (Å²) in [6.07, 6.45) is 0. The molecule has 1 saturated heterocycles. The van der Waals surface area contributed by atoms with Crippen LogP contribution in [0.4, 0.5) is 20.5 Å². The second-order valence-electron chi connectivity index (χ2n) is 3.82. The van der Waals surface area contributed by atoms with Crippen LogP contribution in [0.5, 0.6) is 0 Å². The van der Waals surface area contributed by atoms with Gasteiger partial charge in [-0.2, -0.15) is 0 Å². The van der Waals surface area contributed by atoms with Crippen LogP contribution in [0.15, 0.2) is 0 Å². The number of anilines is 4. The predicted octanol–water partition coefficient (Wildman–Crippen LogP) is -0.119. The average Bonchev–Trinajstić information content (AvgIpc) is 2.98. The van der Waals surface area contributed by atoms with Gasteiger partial charge in [0.25, 0.3) is 0 Å². The second-order valence-corrected chi connectivity index (χ2v) is 5.79. The van der Waals surface area contributed by atoms with E-state index < -0.39 is 0 Å². The van der Waals surface area contributed by atoms with Crippen LogP contribution in [-0.4, -0.2) is 46.6 Å². The van der Waals surface area contributed by atoms with E-state index in [-0.39, 0.29) is 0 Å². The maximum atomic E-state index is 5.58. The first kappa shape index (κ1) is 11.4. The maximum Gasteiger partial charge on any atom is 0.210 e. The molecule has 0 unspecified atom stereocenters. The molecule has 18 heavy (non-hydrogen) atoms. The van der Waals surface area contributed by atoms with E-state index >= 15 is 0 Å². The topological polar surface area (TPSA) is 110 Å². The van der Waals surface area contributed by atoms with E-state index in [1.165, 1.54) is 22.7 Å². The summed E-state index contributed by atoms with van der Waals surface area (Å²) in [5, 5.41) is 18.5. The molecule has 0 atom stereocenters. The van der Waals surface area contributed by atoms with E-state index in [9.17, 15) is 0 Å². The molecule has 3 rings (SSSR count). The highest BCUT2D eigenvalue weighted by atomic mass is 32.1. The minimum Gasteiger partial charge on any atom is -0.374 e. The van der Waals surface area contributed by atoms with Crippen molar-refractivity contribution in [3.63, 3.8) is 0 Å². The largest absolute Gasteiger partial charge is 0.374 e. The summed E-state index contributed by atoms with van der Waals surface area (Å²) in [5.41, 5.74) is 11.2. The van der Waals surface area contributed by atoms with Crippen LogP contribution in [0.25, 0.3) is 0 Å². The zero-order valence-electron chi connectivity index (χ0n) is 9.48. The lowest BCUT2D eigenvalue weighted by atomic mass is 10.3. The fraction of sp³-hybridized carbons (Fsp3) is 0.500. The van der Waals surface area contributed by atoms with Gasteiger partial charge in [-0.3, -0.25) is 0 Å². The molecule has 1 fully saturated rings.